The lowest BCUT2D eigenvalue weighted by Crippen LogP contribution is -2.53. The number of hydrogen-bond acceptors (Lipinski definition) is 4. The Kier molecular flexibility index (Phi) is 12.2. The Morgan fingerprint density at radius 2 is 1.00 bits per heavy atom. The highest BCUT2D eigenvalue weighted by Gasteiger charge is 2.28. The Labute approximate surface area is 195 Å². The summed E-state index contributed by atoms with van der Waals surface area (Å²) in [5, 5.41) is 12.3. The molecule has 0 aromatic carbocycles. The molecule has 4 atom stereocenters. The lowest BCUT2D eigenvalue weighted by atomic mass is 9.89. The summed E-state index contributed by atoms with van der Waals surface area (Å²) in [6.45, 7) is 1.40. The van der Waals surface area contributed by atoms with Crippen LogP contribution >= 0.6 is 0 Å². The van der Waals surface area contributed by atoms with Gasteiger partial charge in [-0.1, -0.05) is 38.5 Å². The molecule has 0 saturated heterocycles. The molecule has 2 aliphatic rings. The fourth-order valence-electron chi connectivity index (χ4n) is 5.24. The average Bonchev–Trinajstić information content (AvgIpc) is 2.76. The van der Waals surface area contributed by atoms with Crippen molar-refractivity contribution in [3.8, 4) is 0 Å². The summed E-state index contributed by atoms with van der Waals surface area (Å²) in [7, 11) is 8.38. The smallest absolute Gasteiger partial charge is 0.315 e. The Hall–Kier alpha value is -1.54. The lowest BCUT2D eigenvalue weighted by molar-refractivity contribution is 0.173. The minimum atomic E-state index is -0.0409. The van der Waals surface area contributed by atoms with Crippen LogP contribution in [-0.2, 0) is 0 Å². The quantitative estimate of drug-likeness (QED) is 0.363. The molecule has 2 aliphatic carbocycles. The minimum Gasteiger partial charge on any atom is -0.338 e. The first-order valence-electron chi connectivity index (χ1n) is 12.8. The van der Waals surface area contributed by atoms with Crippen LogP contribution in [0.3, 0.4) is 0 Å². The van der Waals surface area contributed by atoms with Crippen molar-refractivity contribution in [3.05, 3.63) is 0 Å². The van der Waals surface area contributed by atoms with E-state index in [9.17, 15) is 9.59 Å². The zero-order valence-electron chi connectivity index (χ0n) is 20.9. The summed E-state index contributed by atoms with van der Waals surface area (Å²) in [5.74, 6) is 0. The van der Waals surface area contributed by atoms with E-state index in [4.69, 9.17) is 0 Å². The van der Waals surface area contributed by atoms with Gasteiger partial charge in [-0.25, -0.2) is 9.59 Å². The maximum atomic E-state index is 12.2. The monoisotopic (exact) mass is 452 g/mol. The van der Waals surface area contributed by atoms with Crippen molar-refractivity contribution in [2.24, 2.45) is 0 Å². The van der Waals surface area contributed by atoms with Crippen molar-refractivity contribution >= 4 is 12.1 Å². The number of rotatable bonds is 11. The molecule has 0 radical (unpaired) electrons. The summed E-state index contributed by atoms with van der Waals surface area (Å²) in [4.78, 5) is 28.9. The molecule has 2 fully saturated rings. The number of unbranched alkanes of at least 4 members (excludes halogenated alkanes) is 3. The van der Waals surface area contributed by atoms with E-state index < -0.39 is 0 Å². The van der Waals surface area contributed by atoms with Gasteiger partial charge in [-0.2, -0.15) is 0 Å². The van der Waals surface area contributed by atoms with Crippen LogP contribution in [0.2, 0.25) is 0 Å². The summed E-state index contributed by atoms with van der Waals surface area (Å²) in [6, 6.07) is 1.29. The second-order valence-corrected chi connectivity index (χ2v) is 10.1. The van der Waals surface area contributed by atoms with Gasteiger partial charge >= 0.3 is 12.1 Å². The molecule has 0 unspecified atom stereocenters. The van der Waals surface area contributed by atoms with E-state index in [-0.39, 0.29) is 24.1 Å². The maximum Gasteiger partial charge on any atom is 0.315 e. The van der Waals surface area contributed by atoms with Crippen molar-refractivity contribution in [1.82, 2.24) is 31.1 Å². The van der Waals surface area contributed by atoms with Gasteiger partial charge in [0.15, 0.2) is 0 Å². The highest BCUT2D eigenvalue weighted by atomic mass is 16.2. The molecule has 8 heteroatoms. The van der Waals surface area contributed by atoms with Crippen molar-refractivity contribution in [2.75, 3.05) is 41.3 Å². The number of nitrogens with zero attached hydrogens (tertiary/aromatic N) is 2. The van der Waals surface area contributed by atoms with Crippen LogP contribution in [0.25, 0.3) is 0 Å². The first-order valence-corrected chi connectivity index (χ1v) is 12.8. The normalized spacial score (nSPS) is 26.1. The molecule has 0 heterocycles. The Bertz CT molecular complexity index is 509. The van der Waals surface area contributed by atoms with Crippen LogP contribution in [0, 0.1) is 0 Å². The van der Waals surface area contributed by atoms with E-state index in [1.54, 1.807) is 0 Å². The fraction of sp³-hybridized carbons (Fsp3) is 0.917. The topological polar surface area (TPSA) is 88.7 Å². The van der Waals surface area contributed by atoms with Gasteiger partial charge in [0.05, 0.1) is 0 Å². The predicted molar refractivity (Wildman–Crippen MR) is 131 cm³/mol. The third kappa shape index (κ3) is 9.53. The summed E-state index contributed by atoms with van der Waals surface area (Å²) in [5.41, 5.74) is 0. The van der Waals surface area contributed by atoms with Crippen LogP contribution in [-0.4, -0.2) is 87.3 Å². The molecule has 32 heavy (non-hydrogen) atoms. The SMILES string of the molecule is CN(C)[C@@H]1CCCC[C@H]1NC(=O)NCCCCCCNC(=O)N[C@@H]1CCCC[C@H]1N(C)C. The van der Waals surface area contributed by atoms with Gasteiger partial charge in [-0.05, 0) is 66.7 Å². The van der Waals surface area contributed by atoms with Crippen molar-refractivity contribution in [1.29, 1.82) is 0 Å². The summed E-state index contributed by atoms with van der Waals surface area (Å²) in [6.07, 6.45) is 13.4. The Balaban J connectivity index is 1.48. The van der Waals surface area contributed by atoms with Crippen LogP contribution in [0.1, 0.15) is 77.0 Å². The van der Waals surface area contributed by atoms with Gasteiger partial charge in [0.2, 0.25) is 0 Å². The third-order valence-electron chi connectivity index (χ3n) is 7.09. The van der Waals surface area contributed by atoms with Crippen LogP contribution < -0.4 is 21.3 Å². The molecule has 8 nitrogen and oxygen atoms in total. The standard InChI is InChI=1S/C24H48N6O2/c1-29(2)21-15-9-7-13-19(21)27-23(31)25-17-11-5-6-12-18-26-24(32)28-20-14-8-10-16-22(20)30(3)4/h19-22H,5-18H2,1-4H3,(H2,25,27,31)(H2,26,28,32)/t19-,20-,21-,22-/m1/s1. The molecule has 0 spiro atoms. The zero-order valence-corrected chi connectivity index (χ0v) is 20.9. The number of urea groups is 2. The fourth-order valence-corrected chi connectivity index (χ4v) is 5.24. The molecular weight excluding hydrogens is 404 g/mol. The Morgan fingerprint density at radius 1 is 0.625 bits per heavy atom. The molecule has 0 bridgehead atoms. The highest BCUT2D eigenvalue weighted by molar-refractivity contribution is 5.74. The van der Waals surface area contributed by atoms with Crippen molar-refractivity contribution in [2.45, 2.75) is 101 Å². The van der Waals surface area contributed by atoms with Crippen LogP contribution in [0.4, 0.5) is 9.59 Å². The first-order chi connectivity index (χ1) is 15.4. The van der Waals surface area contributed by atoms with Gasteiger partial charge in [-0.15, -0.1) is 0 Å². The summed E-state index contributed by atoms with van der Waals surface area (Å²) < 4.78 is 0. The molecule has 2 rings (SSSR count). The van der Waals surface area contributed by atoms with Gasteiger partial charge in [0, 0.05) is 37.3 Å². The van der Waals surface area contributed by atoms with E-state index in [0.717, 1.165) is 51.4 Å². The molecule has 0 aliphatic heterocycles. The molecule has 0 aromatic rings. The second-order valence-electron chi connectivity index (χ2n) is 10.1. The molecule has 2 saturated carbocycles. The largest absolute Gasteiger partial charge is 0.338 e. The molecule has 4 amide bonds. The molecule has 0 aromatic heterocycles. The van der Waals surface area contributed by atoms with Crippen LogP contribution in [0.5, 0.6) is 0 Å². The van der Waals surface area contributed by atoms with E-state index in [0.29, 0.717) is 25.2 Å². The number of likely N-dealkylation sites (N-methyl/N-ethyl adjacent to an activating group) is 2. The van der Waals surface area contributed by atoms with Gasteiger partial charge in [-0.3, -0.25) is 0 Å². The molecular formula is C24H48N6O2. The first kappa shape index (κ1) is 26.7. The predicted octanol–water partition coefficient (Wildman–Crippen LogP) is 2.89. The van der Waals surface area contributed by atoms with E-state index >= 15 is 0 Å². The molecule has 186 valence electrons. The number of amides is 4. The highest BCUT2D eigenvalue weighted by Crippen LogP contribution is 2.22. The van der Waals surface area contributed by atoms with Crippen molar-refractivity contribution < 1.29 is 9.59 Å². The van der Waals surface area contributed by atoms with Gasteiger partial charge < -0.3 is 31.1 Å². The van der Waals surface area contributed by atoms with E-state index in [2.05, 4.69) is 59.3 Å². The van der Waals surface area contributed by atoms with Crippen molar-refractivity contribution in [3.63, 3.8) is 0 Å². The number of nitrogens with one attached hydrogen (secondary N) is 4. The van der Waals surface area contributed by atoms with E-state index in [1.165, 1.54) is 25.7 Å². The number of hydrogen-bond donors (Lipinski definition) is 4. The summed E-state index contributed by atoms with van der Waals surface area (Å²) >= 11 is 0. The van der Waals surface area contributed by atoms with Gasteiger partial charge in [0.25, 0.3) is 0 Å². The van der Waals surface area contributed by atoms with E-state index in [1.807, 2.05) is 0 Å². The Morgan fingerprint density at radius 3 is 1.38 bits per heavy atom. The average molecular weight is 453 g/mol. The van der Waals surface area contributed by atoms with Gasteiger partial charge in [0.1, 0.15) is 0 Å². The van der Waals surface area contributed by atoms with Crippen LogP contribution in [0.15, 0.2) is 0 Å². The maximum absolute atomic E-state index is 12.2. The number of carbonyl (C=O) groups excluding carboxylic acids is 2. The second kappa shape index (κ2) is 14.6. The number of carbonyl (C=O) groups is 2. The zero-order chi connectivity index (χ0) is 23.3. The third-order valence-corrected chi connectivity index (χ3v) is 7.09. The molecule has 4 N–H and O–H groups in total. The lowest BCUT2D eigenvalue weighted by Gasteiger charge is -2.36. The minimum absolute atomic E-state index is 0.0409.